The number of ether oxygens (including phenoxy) is 1. The van der Waals surface area contributed by atoms with E-state index in [-0.39, 0.29) is 12.2 Å². The van der Waals surface area contributed by atoms with Gasteiger partial charge in [0.25, 0.3) is 5.56 Å². The van der Waals surface area contributed by atoms with Gasteiger partial charge in [0.15, 0.2) is 0 Å². The first-order valence-electron chi connectivity index (χ1n) is 11.3. The molecule has 34 heavy (non-hydrogen) atoms. The van der Waals surface area contributed by atoms with Gasteiger partial charge in [0, 0.05) is 23.7 Å². The van der Waals surface area contributed by atoms with E-state index in [2.05, 4.69) is 0 Å². The van der Waals surface area contributed by atoms with Gasteiger partial charge in [-0.25, -0.2) is 9.48 Å². The number of carboxylic acids is 1. The van der Waals surface area contributed by atoms with Crippen molar-refractivity contribution in [3.63, 3.8) is 0 Å². The molecule has 4 rings (SSSR count). The summed E-state index contributed by atoms with van der Waals surface area (Å²) in [6.45, 7) is 0.753. The number of aromatic nitrogens is 2. The maximum absolute atomic E-state index is 13.1. The molecule has 1 aliphatic carbocycles. The molecule has 0 spiro atoms. The predicted molar refractivity (Wildman–Crippen MR) is 133 cm³/mol. The zero-order valence-corrected chi connectivity index (χ0v) is 20.1. The number of hydrogen-bond donors (Lipinski definition) is 1. The molecule has 1 heterocycles. The van der Waals surface area contributed by atoms with Crippen LogP contribution in [0, 0.1) is 11.8 Å². The average Bonchev–Trinajstić information content (AvgIpc) is 2.83. The third-order valence-corrected chi connectivity index (χ3v) is 6.99. The highest BCUT2D eigenvalue weighted by atomic mass is 35.5. The Kier molecular flexibility index (Phi) is 8.03. The lowest BCUT2D eigenvalue weighted by Gasteiger charge is -2.28. The van der Waals surface area contributed by atoms with E-state index in [0.717, 1.165) is 36.8 Å². The Hall–Kier alpha value is -2.67. The molecule has 1 saturated carbocycles. The molecule has 178 valence electrons. The van der Waals surface area contributed by atoms with Gasteiger partial charge < -0.3 is 9.84 Å². The van der Waals surface area contributed by atoms with Gasteiger partial charge in [-0.3, -0.25) is 4.79 Å². The Bertz CT molecular complexity index is 1210. The van der Waals surface area contributed by atoms with Gasteiger partial charge in [0.1, 0.15) is 6.61 Å². The summed E-state index contributed by atoms with van der Waals surface area (Å²) in [6.07, 6.45) is 3.80. The molecular formula is C26H26Cl2N2O4. The van der Waals surface area contributed by atoms with Crippen molar-refractivity contribution in [2.75, 3.05) is 13.2 Å². The third kappa shape index (κ3) is 6.06. The standard InChI is InChI=1S/C26H26Cl2N2O4/c27-22-11-10-20(12-23(22)28)21-13-24(31)30(29-26(21)19-4-2-1-3-5-19)14-17-6-8-18(9-7-17)15-34-16-25(32)33/h1-5,10-13,17-18H,6-9,14-16H2,(H,32,33)/t17-,18-. The topological polar surface area (TPSA) is 81.4 Å². The Labute approximate surface area is 208 Å². The predicted octanol–water partition coefficient (Wildman–Crippen LogP) is 5.79. The van der Waals surface area contributed by atoms with E-state index in [9.17, 15) is 9.59 Å². The van der Waals surface area contributed by atoms with Gasteiger partial charge in [0.05, 0.1) is 22.3 Å². The number of benzene rings is 2. The van der Waals surface area contributed by atoms with E-state index in [1.54, 1.807) is 22.9 Å². The first kappa shape index (κ1) is 24.5. The van der Waals surface area contributed by atoms with Crippen LogP contribution in [0.4, 0.5) is 0 Å². The number of halogens is 2. The normalized spacial score (nSPS) is 18.1. The summed E-state index contributed by atoms with van der Waals surface area (Å²) in [4.78, 5) is 23.7. The van der Waals surface area contributed by atoms with Gasteiger partial charge in [-0.1, -0.05) is 59.6 Å². The lowest BCUT2D eigenvalue weighted by molar-refractivity contribution is -0.142. The zero-order chi connectivity index (χ0) is 24.1. The van der Waals surface area contributed by atoms with Crippen LogP contribution < -0.4 is 5.56 Å². The largest absolute Gasteiger partial charge is 0.480 e. The van der Waals surface area contributed by atoms with Gasteiger partial charge in [-0.2, -0.15) is 5.10 Å². The smallest absolute Gasteiger partial charge is 0.329 e. The Balaban J connectivity index is 1.56. The SMILES string of the molecule is O=C(O)COC[C@H]1CC[C@H](Cn2nc(-c3ccccc3)c(-c3ccc(Cl)c(Cl)c3)cc2=O)CC1. The van der Waals surface area contributed by atoms with E-state index < -0.39 is 5.97 Å². The number of aliphatic carboxylic acids is 1. The number of hydrogen-bond acceptors (Lipinski definition) is 4. The summed E-state index contributed by atoms with van der Waals surface area (Å²) >= 11 is 12.3. The lowest BCUT2D eigenvalue weighted by atomic mass is 9.82. The minimum atomic E-state index is -0.947. The molecule has 0 atom stereocenters. The summed E-state index contributed by atoms with van der Waals surface area (Å²) in [6, 6.07) is 16.7. The maximum Gasteiger partial charge on any atom is 0.329 e. The van der Waals surface area contributed by atoms with E-state index in [0.29, 0.717) is 46.3 Å². The van der Waals surface area contributed by atoms with Crippen molar-refractivity contribution in [2.24, 2.45) is 11.8 Å². The van der Waals surface area contributed by atoms with Crippen molar-refractivity contribution in [1.82, 2.24) is 9.78 Å². The van der Waals surface area contributed by atoms with Gasteiger partial charge >= 0.3 is 5.97 Å². The van der Waals surface area contributed by atoms with Crippen LogP contribution in [0.3, 0.4) is 0 Å². The molecule has 0 aliphatic heterocycles. The summed E-state index contributed by atoms with van der Waals surface area (Å²) in [5.41, 5.74) is 2.97. The van der Waals surface area contributed by atoms with Gasteiger partial charge in [-0.05, 0) is 55.2 Å². The van der Waals surface area contributed by atoms with Crippen LogP contribution in [0.1, 0.15) is 25.7 Å². The van der Waals surface area contributed by atoms with Crippen LogP contribution in [0.5, 0.6) is 0 Å². The number of carboxylic acid groups (broad SMARTS) is 1. The molecule has 1 N–H and O–H groups in total. The minimum absolute atomic E-state index is 0.160. The highest BCUT2D eigenvalue weighted by Crippen LogP contribution is 2.34. The monoisotopic (exact) mass is 500 g/mol. The molecule has 0 saturated heterocycles. The van der Waals surface area contributed by atoms with E-state index in [1.165, 1.54) is 0 Å². The van der Waals surface area contributed by atoms with Crippen LogP contribution >= 0.6 is 23.2 Å². The van der Waals surface area contributed by atoms with Crippen molar-refractivity contribution < 1.29 is 14.6 Å². The summed E-state index contributed by atoms with van der Waals surface area (Å²) in [7, 11) is 0. The van der Waals surface area contributed by atoms with E-state index in [1.807, 2.05) is 36.4 Å². The number of carbonyl (C=O) groups is 1. The van der Waals surface area contributed by atoms with Crippen molar-refractivity contribution >= 4 is 29.2 Å². The second-order valence-corrected chi connectivity index (χ2v) is 9.53. The van der Waals surface area contributed by atoms with E-state index >= 15 is 0 Å². The van der Waals surface area contributed by atoms with Gasteiger partial charge in [0.2, 0.25) is 0 Å². The van der Waals surface area contributed by atoms with Crippen LogP contribution in [-0.2, 0) is 16.1 Å². The Morgan fingerprint density at radius 1 is 0.971 bits per heavy atom. The molecule has 1 aromatic heterocycles. The Morgan fingerprint density at radius 3 is 2.35 bits per heavy atom. The molecule has 8 heteroatoms. The van der Waals surface area contributed by atoms with Crippen molar-refractivity contribution in [3.05, 3.63) is 75.0 Å². The molecular weight excluding hydrogens is 475 g/mol. The molecule has 0 unspecified atom stereocenters. The molecule has 3 aromatic rings. The fourth-order valence-electron chi connectivity index (χ4n) is 4.45. The maximum atomic E-state index is 13.1. The molecule has 2 aromatic carbocycles. The summed E-state index contributed by atoms with van der Waals surface area (Å²) in [5.74, 6) is -0.254. The molecule has 0 bridgehead atoms. The first-order chi connectivity index (χ1) is 16.4. The summed E-state index contributed by atoms with van der Waals surface area (Å²) in [5, 5.41) is 14.4. The third-order valence-electron chi connectivity index (χ3n) is 6.25. The lowest BCUT2D eigenvalue weighted by Crippen LogP contribution is -2.29. The number of nitrogens with zero attached hydrogens (tertiary/aromatic N) is 2. The minimum Gasteiger partial charge on any atom is -0.480 e. The second kappa shape index (κ2) is 11.2. The van der Waals surface area contributed by atoms with Crippen LogP contribution in [0.2, 0.25) is 10.0 Å². The molecule has 0 amide bonds. The highest BCUT2D eigenvalue weighted by Gasteiger charge is 2.23. The fraction of sp³-hybridized carbons (Fsp3) is 0.346. The quantitative estimate of drug-likeness (QED) is 0.423. The van der Waals surface area contributed by atoms with Crippen LogP contribution in [0.15, 0.2) is 59.4 Å². The Morgan fingerprint density at radius 2 is 1.68 bits per heavy atom. The zero-order valence-electron chi connectivity index (χ0n) is 18.6. The second-order valence-electron chi connectivity index (χ2n) is 8.72. The van der Waals surface area contributed by atoms with Crippen LogP contribution in [0.25, 0.3) is 22.4 Å². The first-order valence-corrected chi connectivity index (χ1v) is 12.1. The summed E-state index contributed by atoms with van der Waals surface area (Å²) < 4.78 is 6.82. The highest BCUT2D eigenvalue weighted by molar-refractivity contribution is 6.42. The molecule has 1 fully saturated rings. The van der Waals surface area contributed by atoms with E-state index in [4.69, 9.17) is 38.1 Å². The average molecular weight is 501 g/mol. The van der Waals surface area contributed by atoms with Crippen LogP contribution in [-0.4, -0.2) is 34.1 Å². The van der Waals surface area contributed by atoms with Crippen molar-refractivity contribution in [2.45, 2.75) is 32.2 Å². The fourth-order valence-corrected chi connectivity index (χ4v) is 4.75. The molecule has 0 radical (unpaired) electrons. The number of rotatable bonds is 8. The molecule has 6 nitrogen and oxygen atoms in total. The van der Waals surface area contributed by atoms with Crippen molar-refractivity contribution in [3.8, 4) is 22.4 Å². The molecule has 1 aliphatic rings. The van der Waals surface area contributed by atoms with Gasteiger partial charge in [-0.15, -0.1) is 0 Å². The van der Waals surface area contributed by atoms with Crippen molar-refractivity contribution in [1.29, 1.82) is 0 Å².